The number of nitrogens with zero attached hydrogens (tertiary/aromatic N) is 1. The van der Waals surface area contributed by atoms with E-state index < -0.39 is 11.9 Å². The monoisotopic (exact) mass is 243 g/mol. The number of rotatable bonds is 4. The van der Waals surface area contributed by atoms with Gasteiger partial charge in [0.25, 0.3) is 0 Å². The third-order valence-corrected chi connectivity index (χ3v) is 3.11. The summed E-state index contributed by atoms with van der Waals surface area (Å²) in [5, 5.41) is 9.27. The van der Waals surface area contributed by atoms with Crippen LogP contribution >= 0.6 is 0 Å². The first-order chi connectivity index (χ1) is 8.06. The van der Waals surface area contributed by atoms with Crippen molar-refractivity contribution in [2.75, 3.05) is 13.2 Å². The highest BCUT2D eigenvalue weighted by Crippen LogP contribution is 2.17. The Morgan fingerprint density at radius 3 is 2.65 bits per heavy atom. The molecule has 2 atom stereocenters. The van der Waals surface area contributed by atoms with Crippen LogP contribution < -0.4 is 11.5 Å². The lowest BCUT2D eigenvalue weighted by Crippen LogP contribution is -2.50. The molecule has 17 heavy (non-hydrogen) atoms. The van der Waals surface area contributed by atoms with Crippen molar-refractivity contribution in [2.24, 2.45) is 11.5 Å². The molecule has 2 amide bonds. The van der Waals surface area contributed by atoms with Crippen LogP contribution in [0.25, 0.3) is 0 Å². The van der Waals surface area contributed by atoms with Crippen LogP contribution in [0.5, 0.6) is 0 Å². The number of aliphatic hydroxyl groups excluding tert-OH is 1. The van der Waals surface area contributed by atoms with E-state index in [-0.39, 0.29) is 25.0 Å². The number of carbonyl (C=O) groups excluding carboxylic acids is 2. The van der Waals surface area contributed by atoms with Crippen molar-refractivity contribution in [2.45, 2.75) is 44.2 Å². The SMILES string of the molecule is NC(=O)CC(N)C(=O)N1CCCCCC1CO. The minimum absolute atomic E-state index is 0.0605. The predicted molar refractivity (Wildman–Crippen MR) is 62.8 cm³/mol. The molecule has 0 aromatic heterocycles. The van der Waals surface area contributed by atoms with Crippen LogP contribution in [0.15, 0.2) is 0 Å². The summed E-state index contributed by atoms with van der Waals surface area (Å²) >= 11 is 0. The molecule has 0 saturated carbocycles. The van der Waals surface area contributed by atoms with E-state index in [0.717, 1.165) is 25.7 Å². The third-order valence-electron chi connectivity index (χ3n) is 3.11. The van der Waals surface area contributed by atoms with E-state index in [1.807, 2.05) is 0 Å². The molecule has 0 bridgehead atoms. The number of hydrogen-bond donors (Lipinski definition) is 3. The Bertz CT molecular complexity index is 283. The summed E-state index contributed by atoms with van der Waals surface area (Å²) in [6.45, 7) is 0.533. The van der Waals surface area contributed by atoms with E-state index in [1.54, 1.807) is 4.90 Å². The topological polar surface area (TPSA) is 110 Å². The molecule has 0 aromatic rings. The van der Waals surface area contributed by atoms with Gasteiger partial charge >= 0.3 is 0 Å². The van der Waals surface area contributed by atoms with Crippen LogP contribution in [0.3, 0.4) is 0 Å². The van der Waals surface area contributed by atoms with Gasteiger partial charge in [-0.1, -0.05) is 12.8 Å². The van der Waals surface area contributed by atoms with E-state index >= 15 is 0 Å². The third kappa shape index (κ3) is 3.98. The first kappa shape index (κ1) is 13.9. The van der Waals surface area contributed by atoms with Gasteiger partial charge in [0.05, 0.1) is 25.1 Å². The van der Waals surface area contributed by atoms with E-state index in [1.165, 1.54) is 0 Å². The summed E-state index contributed by atoms with van der Waals surface area (Å²) in [7, 11) is 0. The molecule has 5 N–H and O–H groups in total. The molecule has 0 aliphatic carbocycles. The number of carbonyl (C=O) groups is 2. The lowest BCUT2D eigenvalue weighted by molar-refractivity contribution is -0.137. The number of hydrogen-bond acceptors (Lipinski definition) is 4. The standard InChI is InChI=1S/C11H21N3O3/c12-9(6-10(13)16)11(17)14-5-3-1-2-4-8(14)7-15/h8-9,15H,1-7,12H2,(H2,13,16). The second-order valence-electron chi connectivity index (χ2n) is 4.49. The Morgan fingerprint density at radius 2 is 2.06 bits per heavy atom. The molecular weight excluding hydrogens is 222 g/mol. The van der Waals surface area contributed by atoms with Gasteiger partial charge in [-0.15, -0.1) is 0 Å². The van der Waals surface area contributed by atoms with Gasteiger partial charge in [-0.05, 0) is 12.8 Å². The van der Waals surface area contributed by atoms with Gasteiger partial charge in [-0.25, -0.2) is 0 Å². The van der Waals surface area contributed by atoms with Gasteiger partial charge in [0.15, 0.2) is 0 Å². The van der Waals surface area contributed by atoms with Gasteiger partial charge in [0, 0.05) is 6.54 Å². The molecule has 0 radical (unpaired) electrons. The number of aliphatic hydroxyl groups is 1. The van der Waals surface area contributed by atoms with Crippen molar-refractivity contribution < 1.29 is 14.7 Å². The number of nitrogens with two attached hydrogens (primary N) is 2. The van der Waals surface area contributed by atoms with Gasteiger partial charge in [0.2, 0.25) is 11.8 Å². The second-order valence-corrected chi connectivity index (χ2v) is 4.49. The Balaban J connectivity index is 2.66. The van der Waals surface area contributed by atoms with Crippen LogP contribution in [0.4, 0.5) is 0 Å². The molecule has 1 rings (SSSR count). The Hall–Kier alpha value is -1.14. The molecule has 1 aliphatic rings. The fourth-order valence-electron chi connectivity index (χ4n) is 2.17. The summed E-state index contributed by atoms with van der Waals surface area (Å²) in [5.41, 5.74) is 10.7. The van der Waals surface area contributed by atoms with Crippen molar-refractivity contribution >= 4 is 11.8 Å². The molecule has 6 nitrogen and oxygen atoms in total. The highest BCUT2D eigenvalue weighted by Gasteiger charge is 2.29. The molecule has 1 heterocycles. The summed E-state index contributed by atoms with van der Waals surface area (Å²) in [6, 6.07) is -1.07. The van der Waals surface area contributed by atoms with Crippen molar-refractivity contribution in [3.63, 3.8) is 0 Å². The lowest BCUT2D eigenvalue weighted by atomic mass is 10.1. The van der Waals surface area contributed by atoms with Crippen molar-refractivity contribution in [1.29, 1.82) is 0 Å². The first-order valence-electron chi connectivity index (χ1n) is 6.01. The smallest absolute Gasteiger partial charge is 0.240 e. The Morgan fingerprint density at radius 1 is 1.35 bits per heavy atom. The molecular formula is C11H21N3O3. The second kappa shape index (κ2) is 6.56. The van der Waals surface area contributed by atoms with Crippen LogP contribution in [-0.4, -0.2) is 47.1 Å². The van der Waals surface area contributed by atoms with Gasteiger partial charge in [-0.3, -0.25) is 9.59 Å². The van der Waals surface area contributed by atoms with Gasteiger partial charge in [-0.2, -0.15) is 0 Å². The molecule has 2 unspecified atom stereocenters. The van der Waals surface area contributed by atoms with E-state index in [0.29, 0.717) is 6.54 Å². The summed E-state index contributed by atoms with van der Waals surface area (Å²) in [6.07, 6.45) is 3.59. The molecule has 1 fully saturated rings. The summed E-state index contributed by atoms with van der Waals surface area (Å²) < 4.78 is 0. The number of amides is 2. The maximum absolute atomic E-state index is 12.0. The molecule has 6 heteroatoms. The van der Waals surface area contributed by atoms with E-state index in [9.17, 15) is 14.7 Å². The Kier molecular flexibility index (Phi) is 5.37. The zero-order chi connectivity index (χ0) is 12.8. The molecule has 0 aromatic carbocycles. The molecule has 1 saturated heterocycles. The first-order valence-corrected chi connectivity index (χ1v) is 6.01. The van der Waals surface area contributed by atoms with Crippen LogP contribution in [0.1, 0.15) is 32.1 Å². The zero-order valence-electron chi connectivity index (χ0n) is 9.97. The minimum atomic E-state index is -0.889. The molecule has 0 spiro atoms. The lowest BCUT2D eigenvalue weighted by Gasteiger charge is -2.30. The van der Waals surface area contributed by atoms with E-state index in [2.05, 4.69) is 0 Å². The van der Waals surface area contributed by atoms with E-state index in [4.69, 9.17) is 11.5 Å². The number of likely N-dealkylation sites (tertiary alicyclic amines) is 1. The molecule has 98 valence electrons. The number of primary amides is 1. The van der Waals surface area contributed by atoms with Crippen molar-refractivity contribution in [3.8, 4) is 0 Å². The maximum atomic E-state index is 12.0. The van der Waals surface area contributed by atoms with Crippen molar-refractivity contribution in [3.05, 3.63) is 0 Å². The summed E-state index contributed by atoms with van der Waals surface area (Å²) in [5.74, 6) is -0.869. The summed E-state index contributed by atoms with van der Waals surface area (Å²) in [4.78, 5) is 24.4. The average Bonchev–Trinajstić information content (AvgIpc) is 2.51. The highest BCUT2D eigenvalue weighted by atomic mass is 16.3. The zero-order valence-corrected chi connectivity index (χ0v) is 9.97. The van der Waals surface area contributed by atoms with Crippen LogP contribution in [0, 0.1) is 0 Å². The minimum Gasteiger partial charge on any atom is -0.394 e. The quantitative estimate of drug-likeness (QED) is 0.585. The van der Waals surface area contributed by atoms with Gasteiger partial charge in [0.1, 0.15) is 0 Å². The average molecular weight is 243 g/mol. The molecule has 1 aliphatic heterocycles. The largest absolute Gasteiger partial charge is 0.394 e. The fraction of sp³-hybridized carbons (Fsp3) is 0.818. The highest BCUT2D eigenvalue weighted by molar-refractivity contribution is 5.87. The normalized spacial score (nSPS) is 22.9. The van der Waals surface area contributed by atoms with Crippen LogP contribution in [-0.2, 0) is 9.59 Å². The maximum Gasteiger partial charge on any atom is 0.240 e. The van der Waals surface area contributed by atoms with Gasteiger partial charge < -0.3 is 21.5 Å². The predicted octanol–water partition coefficient (Wildman–Crippen LogP) is -1.05. The van der Waals surface area contributed by atoms with Crippen LogP contribution in [0.2, 0.25) is 0 Å². The van der Waals surface area contributed by atoms with Crippen molar-refractivity contribution in [1.82, 2.24) is 4.90 Å². The Labute approximate surface area is 101 Å². The fourth-order valence-corrected chi connectivity index (χ4v) is 2.17.